The van der Waals surface area contributed by atoms with E-state index in [1.807, 2.05) is 49.4 Å². The minimum Gasteiger partial charge on any atom is -0.497 e. The summed E-state index contributed by atoms with van der Waals surface area (Å²) in [6.07, 6.45) is 2.11. The van der Waals surface area contributed by atoms with Gasteiger partial charge in [0.2, 0.25) is 5.91 Å². The van der Waals surface area contributed by atoms with Crippen molar-refractivity contribution in [3.63, 3.8) is 0 Å². The fourth-order valence-corrected chi connectivity index (χ4v) is 2.42. The van der Waals surface area contributed by atoms with Crippen molar-refractivity contribution in [1.29, 1.82) is 0 Å². The van der Waals surface area contributed by atoms with Gasteiger partial charge in [0, 0.05) is 12.5 Å². The van der Waals surface area contributed by atoms with Crippen molar-refractivity contribution < 1.29 is 9.53 Å². The Morgan fingerprint density at radius 1 is 1.05 bits per heavy atom. The van der Waals surface area contributed by atoms with Gasteiger partial charge in [0.25, 0.3) is 0 Å². The summed E-state index contributed by atoms with van der Waals surface area (Å²) in [5, 5.41) is 3.06. The molecule has 1 N–H and O–H groups in total. The lowest BCUT2D eigenvalue weighted by Gasteiger charge is -2.14. The second-order valence-corrected chi connectivity index (χ2v) is 5.51. The first-order valence-electron chi connectivity index (χ1n) is 7.63. The maximum atomic E-state index is 12.0. The zero-order valence-corrected chi connectivity index (χ0v) is 13.2. The third-order valence-corrected chi connectivity index (χ3v) is 3.59. The lowest BCUT2D eigenvalue weighted by atomic mass is 10.1. The van der Waals surface area contributed by atoms with E-state index in [9.17, 15) is 4.79 Å². The van der Waals surface area contributed by atoms with E-state index < -0.39 is 0 Å². The molecule has 0 aliphatic carbocycles. The van der Waals surface area contributed by atoms with Crippen molar-refractivity contribution in [3.8, 4) is 5.75 Å². The zero-order chi connectivity index (χ0) is 15.8. The van der Waals surface area contributed by atoms with Crippen LogP contribution in [-0.2, 0) is 17.6 Å². The second-order valence-electron chi connectivity index (χ2n) is 5.51. The zero-order valence-electron chi connectivity index (χ0n) is 13.2. The van der Waals surface area contributed by atoms with Crippen LogP contribution in [0.4, 0.5) is 0 Å². The van der Waals surface area contributed by atoms with Crippen molar-refractivity contribution in [3.05, 3.63) is 65.7 Å². The Balaban J connectivity index is 1.75. The van der Waals surface area contributed by atoms with E-state index in [4.69, 9.17) is 4.74 Å². The van der Waals surface area contributed by atoms with Crippen LogP contribution >= 0.6 is 0 Å². The van der Waals surface area contributed by atoms with Gasteiger partial charge in [0.05, 0.1) is 7.11 Å². The fourth-order valence-electron chi connectivity index (χ4n) is 2.42. The Hall–Kier alpha value is -2.29. The van der Waals surface area contributed by atoms with Crippen LogP contribution in [0, 0.1) is 0 Å². The highest BCUT2D eigenvalue weighted by molar-refractivity contribution is 5.76. The number of amides is 1. The lowest BCUT2D eigenvalue weighted by molar-refractivity contribution is -0.121. The number of aryl methyl sites for hydroxylation is 1. The van der Waals surface area contributed by atoms with E-state index in [2.05, 4.69) is 17.4 Å². The molecule has 0 aliphatic heterocycles. The van der Waals surface area contributed by atoms with Crippen molar-refractivity contribution in [2.45, 2.75) is 32.2 Å². The van der Waals surface area contributed by atoms with Crippen LogP contribution in [0.1, 0.15) is 24.5 Å². The van der Waals surface area contributed by atoms with E-state index in [0.29, 0.717) is 6.42 Å². The van der Waals surface area contributed by atoms with Gasteiger partial charge in [-0.15, -0.1) is 0 Å². The molecular weight excluding hydrogens is 274 g/mol. The first-order valence-corrected chi connectivity index (χ1v) is 7.63. The quantitative estimate of drug-likeness (QED) is 0.851. The van der Waals surface area contributed by atoms with Crippen LogP contribution in [0.15, 0.2) is 54.6 Å². The number of rotatable bonds is 7. The number of hydrogen-bond acceptors (Lipinski definition) is 2. The molecule has 0 fully saturated rings. The van der Waals surface area contributed by atoms with E-state index in [0.717, 1.165) is 24.2 Å². The third kappa shape index (κ3) is 5.24. The van der Waals surface area contributed by atoms with Crippen LogP contribution < -0.4 is 10.1 Å². The van der Waals surface area contributed by atoms with E-state index in [1.165, 1.54) is 5.56 Å². The highest BCUT2D eigenvalue weighted by Gasteiger charge is 2.08. The summed E-state index contributed by atoms with van der Waals surface area (Å²) < 4.78 is 5.12. The van der Waals surface area contributed by atoms with Gasteiger partial charge < -0.3 is 10.1 Å². The maximum absolute atomic E-state index is 12.0. The van der Waals surface area contributed by atoms with Crippen molar-refractivity contribution >= 4 is 5.91 Å². The van der Waals surface area contributed by atoms with Gasteiger partial charge >= 0.3 is 0 Å². The minimum atomic E-state index is 0.0965. The van der Waals surface area contributed by atoms with Gasteiger partial charge in [-0.1, -0.05) is 42.5 Å². The highest BCUT2D eigenvalue weighted by atomic mass is 16.5. The summed E-state index contributed by atoms with van der Waals surface area (Å²) in [5.41, 5.74) is 2.39. The standard InChI is InChI=1S/C19H23NO2/c1-15(14-17-6-4-3-5-7-17)20-19(21)13-10-16-8-11-18(22-2)12-9-16/h3-9,11-12,15H,10,13-14H2,1-2H3,(H,20,21)/t15-/m0/s1. The molecule has 116 valence electrons. The number of nitrogens with one attached hydrogen (secondary N) is 1. The predicted molar refractivity (Wildman–Crippen MR) is 89.1 cm³/mol. The number of hydrogen-bond donors (Lipinski definition) is 1. The van der Waals surface area contributed by atoms with Gasteiger partial charge in [0.1, 0.15) is 5.75 Å². The molecule has 0 spiro atoms. The molecule has 22 heavy (non-hydrogen) atoms. The van der Waals surface area contributed by atoms with Crippen LogP contribution in [0.5, 0.6) is 5.75 Å². The fraction of sp³-hybridized carbons (Fsp3) is 0.316. The molecule has 0 aliphatic rings. The minimum absolute atomic E-state index is 0.0965. The molecule has 0 saturated carbocycles. The first-order chi connectivity index (χ1) is 10.7. The van der Waals surface area contributed by atoms with E-state index in [1.54, 1.807) is 7.11 Å². The Bertz CT molecular complexity index is 578. The van der Waals surface area contributed by atoms with Gasteiger partial charge in [0.15, 0.2) is 0 Å². The average molecular weight is 297 g/mol. The lowest BCUT2D eigenvalue weighted by Crippen LogP contribution is -2.34. The second kappa shape index (κ2) is 8.23. The summed E-state index contributed by atoms with van der Waals surface area (Å²) in [6.45, 7) is 2.04. The van der Waals surface area contributed by atoms with Gasteiger partial charge in [-0.05, 0) is 43.0 Å². The topological polar surface area (TPSA) is 38.3 Å². The van der Waals surface area contributed by atoms with Crippen LogP contribution in [0.2, 0.25) is 0 Å². The maximum Gasteiger partial charge on any atom is 0.220 e. The SMILES string of the molecule is COc1ccc(CCC(=O)N[C@@H](C)Cc2ccccc2)cc1. The number of benzene rings is 2. The molecule has 0 heterocycles. The Morgan fingerprint density at radius 3 is 2.36 bits per heavy atom. The Kier molecular flexibility index (Phi) is 6.01. The summed E-state index contributed by atoms with van der Waals surface area (Å²) in [7, 11) is 1.65. The molecular formula is C19H23NO2. The van der Waals surface area contributed by atoms with Crippen molar-refractivity contribution in [2.24, 2.45) is 0 Å². The molecule has 0 radical (unpaired) electrons. The summed E-state index contributed by atoms with van der Waals surface area (Å²) in [5.74, 6) is 0.934. The molecule has 2 aromatic carbocycles. The van der Waals surface area contributed by atoms with Gasteiger partial charge in [-0.25, -0.2) is 0 Å². The van der Waals surface area contributed by atoms with E-state index in [-0.39, 0.29) is 11.9 Å². The molecule has 0 saturated heterocycles. The van der Waals surface area contributed by atoms with E-state index >= 15 is 0 Å². The number of ether oxygens (including phenoxy) is 1. The van der Waals surface area contributed by atoms with Crippen LogP contribution in [0.3, 0.4) is 0 Å². The smallest absolute Gasteiger partial charge is 0.220 e. The number of carbonyl (C=O) groups is 1. The molecule has 2 aromatic rings. The van der Waals surface area contributed by atoms with Crippen molar-refractivity contribution in [1.82, 2.24) is 5.32 Å². The first kappa shape index (κ1) is 16.1. The molecule has 2 rings (SSSR count). The summed E-state index contributed by atoms with van der Waals surface area (Å²) >= 11 is 0. The van der Waals surface area contributed by atoms with Crippen LogP contribution in [0.25, 0.3) is 0 Å². The molecule has 0 bridgehead atoms. The molecule has 1 atom stereocenters. The molecule has 3 nitrogen and oxygen atoms in total. The van der Waals surface area contributed by atoms with Gasteiger partial charge in [-0.2, -0.15) is 0 Å². The number of carbonyl (C=O) groups excluding carboxylic acids is 1. The van der Waals surface area contributed by atoms with Gasteiger partial charge in [-0.3, -0.25) is 4.79 Å². The molecule has 0 aromatic heterocycles. The Morgan fingerprint density at radius 2 is 1.73 bits per heavy atom. The predicted octanol–water partition coefficient (Wildman–Crippen LogP) is 3.38. The summed E-state index contributed by atoms with van der Waals surface area (Å²) in [4.78, 5) is 12.0. The molecule has 3 heteroatoms. The number of methoxy groups -OCH3 is 1. The summed E-state index contributed by atoms with van der Waals surface area (Å²) in [6, 6.07) is 18.2. The monoisotopic (exact) mass is 297 g/mol. The normalized spacial score (nSPS) is 11.7. The van der Waals surface area contributed by atoms with Crippen molar-refractivity contribution in [2.75, 3.05) is 7.11 Å². The molecule has 1 amide bonds. The average Bonchev–Trinajstić information content (AvgIpc) is 2.54. The Labute approximate surface area is 132 Å². The third-order valence-electron chi connectivity index (χ3n) is 3.59. The largest absolute Gasteiger partial charge is 0.497 e. The highest BCUT2D eigenvalue weighted by Crippen LogP contribution is 2.12. The molecule has 0 unspecified atom stereocenters. The van der Waals surface area contributed by atoms with Crippen LogP contribution in [-0.4, -0.2) is 19.1 Å².